The van der Waals surface area contributed by atoms with Gasteiger partial charge in [0.25, 0.3) is 0 Å². The number of anilines is 1. The zero-order valence-corrected chi connectivity index (χ0v) is 22.1. The number of rotatable bonds is 11. The molecule has 10 heteroatoms. The molecule has 33 heavy (non-hydrogen) atoms. The van der Waals surface area contributed by atoms with E-state index in [1.54, 1.807) is 31.2 Å². The number of amides is 2. The Balaban J connectivity index is 2.14. The summed E-state index contributed by atoms with van der Waals surface area (Å²) in [5.41, 5.74) is 1.36. The van der Waals surface area contributed by atoms with Crippen molar-refractivity contribution in [3.63, 3.8) is 0 Å². The molecule has 180 valence electrons. The normalized spacial score (nSPS) is 12.2. The van der Waals surface area contributed by atoms with Crippen molar-refractivity contribution in [1.82, 2.24) is 10.2 Å². The van der Waals surface area contributed by atoms with E-state index < -0.39 is 16.1 Å². The van der Waals surface area contributed by atoms with E-state index in [0.29, 0.717) is 23.7 Å². The van der Waals surface area contributed by atoms with Crippen LogP contribution in [0.1, 0.15) is 32.3 Å². The van der Waals surface area contributed by atoms with Gasteiger partial charge in [-0.05, 0) is 62.2 Å². The maximum Gasteiger partial charge on any atom is 0.242 e. The highest BCUT2D eigenvalue weighted by molar-refractivity contribution is 9.10. The number of likely N-dealkylation sites (N-methyl/N-ethyl adjacent to an activating group) is 1. The molecule has 1 N–H and O–H groups in total. The molecule has 0 saturated carbocycles. The third-order valence-electron chi connectivity index (χ3n) is 5.03. The van der Waals surface area contributed by atoms with Crippen LogP contribution in [0.3, 0.4) is 0 Å². The third-order valence-corrected chi connectivity index (χ3v) is 6.97. The monoisotopic (exact) mass is 557 g/mol. The summed E-state index contributed by atoms with van der Waals surface area (Å²) < 4.78 is 26.8. The van der Waals surface area contributed by atoms with Gasteiger partial charge in [0, 0.05) is 35.6 Å². The van der Waals surface area contributed by atoms with E-state index in [1.807, 2.05) is 31.2 Å². The quantitative estimate of drug-likeness (QED) is 0.448. The van der Waals surface area contributed by atoms with Crippen LogP contribution in [0.4, 0.5) is 5.69 Å². The number of carbonyl (C=O) groups is 2. The fourth-order valence-corrected chi connectivity index (χ4v) is 4.89. The second-order valence-corrected chi connectivity index (χ2v) is 10.9. The molecule has 1 atom stereocenters. The Morgan fingerprint density at radius 2 is 1.82 bits per heavy atom. The van der Waals surface area contributed by atoms with Crippen LogP contribution in [0, 0.1) is 0 Å². The number of hydrogen-bond acceptors (Lipinski definition) is 4. The summed E-state index contributed by atoms with van der Waals surface area (Å²) in [6.07, 6.45) is 1.52. The SMILES string of the molecule is CCNC(=O)[C@@H](C)N(Cc1cccc(Br)c1)C(=O)CCCN(c1ccc(Cl)cc1)S(C)(=O)=O. The lowest BCUT2D eigenvalue weighted by Crippen LogP contribution is -2.47. The molecule has 0 radical (unpaired) electrons. The highest BCUT2D eigenvalue weighted by Gasteiger charge is 2.26. The van der Waals surface area contributed by atoms with E-state index in [0.717, 1.165) is 16.3 Å². The molecule has 2 aromatic rings. The predicted octanol–water partition coefficient (Wildman–Crippen LogP) is 4.20. The zero-order valence-electron chi connectivity index (χ0n) is 18.9. The summed E-state index contributed by atoms with van der Waals surface area (Å²) in [4.78, 5) is 27.1. The number of carbonyl (C=O) groups excluding carboxylic acids is 2. The Morgan fingerprint density at radius 3 is 2.39 bits per heavy atom. The molecule has 0 aromatic heterocycles. The first-order chi connectivity index (χ1) is 15.5. The van der Waals surface area contributed by atoms with Gasteiger partial charge in [0.15, 0.2) is 0 Å². The first kappa shape index (κ1) is 27.1. The standard InChI is InChI=1S/C23H29BrClN3O4S/c1-4-26-23(30)17(2)27(16-18-7-5-8-19(24)15-18)22(29)9-6-14-28(33(3,31)32)21-12-10-20(25)11-13-21/h5,7-8,10-13,15,17H,4,6,9,14,16H2,1-3H3,(H,26,30)/t17-/m1/s1. The number of benzene rings is 2. The van der Waals surface area contributed by atoms with Gasteiger partial charge in [-0.2, -0.15) is 0 Å². The van der Waals surface area contributed by atoms with Crippen LogP contribution in [0.15, 0.2) is 53.0 Å². The molecule has 0 bridgehead atoms. The average molecular weight is 559 g/mol. The molecule has 2 rings (SSSR count). The smallest absolute Gasteiger partial charge is 0.242 e. The van der Waals surface area contributed by atoms with Crippen LogP contribution in [0.25, 0.3) is 0 Å². The molecule has 7 nitrogen and oxygen atoms in total. The fourth-order valence-electron chi connectivity index (χ4n) is 3.35. The molecule has 2 aromatic carbocycles. The Kier molecular flexibility index (Phi) is 10.2. The lowest BCUT2D eigenvalue weighted by Gasteiger charge is -2.29. The number of nitrogens with zero attached hydrogens (tertiary/aromatic N) is 2. The summed E-state index contributed by atoms with van der Waals surface area (Å²) in [7, 11) is -3.54. The fraction of sp³-hybridized carbons (Fsp3) is 0.391. The van der Waals surface area contributed by atoms with E-state index in [9.17, 15) is 18.0 Å². The third kappa shape index (κ3) is 8.32. The maximum absolute atomic E-state index is 13.1. The predicted molar refractivity (Wildman–Crippen MR) is 136 cm³/mol. The number of hydrogen-bond donors (Lipinski definition) is 1. The molecule has 0 aliphatic heterocycles. The van der Waals surface area contributed by atoms with Crippen molar-refractivity contribution in [2.75, 3.05) is 23.7 Å². The second-order valence-electron chi connectivity index (χ2n) is 7.64. The molecular weight excluding hydrogens is 530 g/mol. The van der Waals surface area contributed by atoms with E-state index in [-0.39, 0.29) is 31.3 Å². The van der Waals surface area contributed by atoms with Crippen molar-refractivity contribution in [3.8, 4) is 0 Å². The van der Waals surface area contributed by atoms with Gasteiger partial charge in [0.1, 0.15) is 6.04 Å². The van der Waals surface area contributed by atoms with E-state index in [1.165, 1.54) is 9.21 Å². The van der Waals surface area contributed by atoms with E-state index >= 15 is 0 Å². The van der Waals surface area contributed by atoms with Crippen LogP contribution in [0.2, 0.25) is 5.02 Å². The molecular formula is C23H29BrClN3O4S. The molecule has 0 heterocycles. The summed E-state index contributed by atoms with van der Waals surface area (Å²) in [6, 6.07) is 13.4. The van der Waals surface area contributed by atoms with Crippen LogP contribution >= 0.6 is 27.5 Å². The first-order valence-electron chi connectivity index (χ1n) is 10.6. The topological polar surface area (TPSA) is 86.8 Å². The lowest BCUT2D eigenvalue weighted by molar-refractivity contribution is -0.140. The van der Waals surface area contributed by atoms with Gasteiger partial charge in [-0.3, -0.25) is 13.9 Å². The highest BCUT2D eigenvalue weighted by Crippen LogP contribution is 2.22. The van der Waals surface area contributed by atoms with Crippen LogP contribution in [-0.4, -0.2) is 50.5 Å². The Bertz CT molecular complexity index is 1060. The van der Waals surface area contributed by atoms with Crippen molar-refractivity contribution in [2.45, 2.75) is 39.3 Å². The van der Waals surface area contributed by atoms with Gasteiger partial charge in [0.2, 0.25) is 21.8 Å². The van der Waals surface area contributed by atoms with Crippen LogP contribution in [0.5, 0.6) is 0 Å². The van der Waals surface area contributed by atoms with Crippen molar-refractivity contribution in [3.05, 3.63) is 63.6 Å². The van der Waals surface area contributed by atoms with Crippen LogP contribution < -0.4 is 9.62 Å². The van der Waals surface area contributed by atoms with Crippen molar-refractivity contribution in [2.24, 2.45) is 0 Å². The molecule has 2 amide bonds. The average Bonchev–Trinajstić information content (AvgIpc) is 2.74. The summed E-state index contributed by atoms with van der Waals surface area (Å²) >= 11 is 9.34. The lowest BCUT2D eigenvalue weighted by atomic mass is 10.1. The molecule has 0 fully saturated rings. The molecule has 0 spiro atoms. The molecule has 0 unspecified atom stereocenters. The largest absolute Gasteiger partial charge is 0.355 e. The van der Waals surface area contributed by atoms with E-state index in [2.05, 4.69) is 21.2 Å². The van der Waals surface area contributed by atoms with Gasteiger partial charge in [-0.25, -0.2) is 8.42 Å². The number of nitrogens with one attached hydrogen (secondary N) is 1. The van der Waals surface area contributed by atoms with Gasteiger partial charge >= 0.3 is 0 Å². The molecule has 0 aliphatic rings. The highest BCUT2D eigenvalue weighted by atomic mass is 79.9. The van der Waals surface area contributed by atoms with Gasteiger partial charge in [-0.1, -0.05) is 39.7 Å². The number of sulfonamides is 1. The minimum atomic E-state index is -3.54. The minimum absolute atomic E-state index is 0.0946. The summed E-state index contributed by atoms with van der Waals surface area (Å²) in [5.74, 6) is -0.460. The van der Waals surface area contributed by atoms with Gasteiger partial charge in [0.05, 0.1) is 11.9 Å². The molecule has 0 saturated heterocycles. The van der Waals surface area contributed by atoms with Crippen molar-refractivity contribution in [1.29, 1.82) is 0 Å². The number of halogens is 2. The summed E-state index contributed by atoms with van der Waals surface area (Å²) in [5, 5.41) is 3.26. The minimum Gasteiger partial charge on any atom is -0.355 e. The molecule has 0 aliphatic carbocycles. The zero-order chi connectivity index (χ0) is 24.6. The second kappa shape index (κ2) is 12.4. The summed E-state index contributed by atoms with van der Waals surface area (Å²) in [6.45, 7) is 4.38. The maximum atomic E-state index is 13.1. The Labute approximate surface area is 209 Å². The van der Waals surface area contributed by atoms with Crippen LogP contribution in [-0.2, 0) is 26.2 Å². The Morgan fingerprint density at radius 1 is 1.15 bits per heavy atom. The van der Waals surface area contributed by atoms with Gasteiger partial charge in [-0.15, -0.1) is 0 Å². The van der Waals surface area contributed by atoms with Crippen molar-refractivity contribution >= 4 is 55.1 Å². The van der Waals surface area contributed by atoms with E-state index in [4.69, 9.17) is 11.6 Å². The van der Waals surface area contributed by atoms with Gasteiger partial charge < -0.3 is 10.2 Å². The first-order valence-corrected chi connectivity index (χ1v) is 13.6. The Hall–Kier alpha value is -2.10. The van der Waals surface area contributed by atoms with Crippen molar-refractivity contribution < 1.29 is 18.0 Å².